The van der Waals surface area contributed by atoms with Gasteiger partial charge in [-0.3, -0.25) is 4.79 Å². The minimum Gasteiger partial charge on any atom is -0.476 e. The molecule has 0 bridgehead atoms. The van der Waals surface area contributed by atoms with Crippen molar-refractivity contribution in [2.45, 2.75) is 31.8 Å². The molecule has 1 saturated heterocycles. The van der Waals surface area contributed by atoms with E-state index in [9.17, 15) is 14.7 Å². The van der Waals surface area contributed by atoms with Gasteiger partial charge < -0.3 is 24.5 Å². The number of carbonyl (C=O) groups excluding carboxylic acids is 1. The third-order valence-corrected chi connectivity index (χ3v) is 6.93. The number of hydrogen-bond donors (Lipinski definition) is 2. The highest BCUT2D eigenvalue weighted by atomic mass is 16.4. The molecule has 33 heavy (non-hydrogen) atoms. The summed E-state index contributed by atoms with van der Waals surface area (Å²) in [4.78, 5) is 44.0. The van der Waals surface area contributed by atoms with Crippen molar-refractivity contribution in [3.63, 3.8) is 0 Å². The molecule has 2 fully saturated rings. The number of carbonyl (C=O) groups is 2. The van der Waals surface area contributed by atoms with E-state index in [4.69, 9.17) is 0 Å². The third-order valence-electron chi connectivity index (χ3n) is 6.93. The van der Waals surface area contributed by atoms with Crippen molar-refractivity contribution in [2.75, 3.05) is 18.0 Å². The summed E-state index contributed by atoms with van der Waals surface area (Å²) in [7, 11) is 1.95. The minimum atomic E-state index is -1.09. The molecular weight excluding hydrogens is 424 g/mol. The zero-order chi connectivity index (χ0) is 22.7. The van der Waals surface area contributed by atoms with Crippen LogP contribution in [0.2, 0.25) is 0 Å². The molecular formula is C22H24N8O3. The van der Waals surface area contributed by atoms with Gasteiger partial charge in [-0.25, -0.2) is 24.7 Å². The van der Waals surface area contributed by atoms with Crippen LogP contribution < -0.4 is 10.2 Å². The summed E-state index contributed by atoms with van der Waals surface area (Å²) in [6, 6.07) is -0.130. The number of hydrogen-bond acceptors (Lipinski definition) is 7. The number of nitrogens with zero attached hydrogens (tertiary/aromatic N) is 7. The van der Waals surface area contributed by atoms with Gasteiger partial charge in [0.25, 0.3) is 5.91 Å². The molecule has 0 radical (unpaired) electrons. The maximum Gasteiger partial charge on any atom is 0.355 e. The molecule has 11 heteroatoms. The van der Waals surface area contributed by atoms with Gasteiger partial charge in [0.1, 0.15) is 5.69 Å². The lowest BCUT2D eigenvalue weighted by molar-refractivity contribution is 0.0688. The van der Waals surface area contributed by atoms with Crippen LogP contribution in [-0.4, -0.2) is 59.1 Å². The van der Waals surface area contributed by atoms with Gasteiger partial charge in [0.05, 0.1) is 30.9 Å². The number of carboxylic acid groups (broad SMARTS) is 1. The lowest BCUT2D eigenvalue weighted by atomic mass is 10.2. The normalized spacial score (nSPS) is 22.8. The SMILES string of the molecule is Cn1cnc2c1CC[C@H]2NC(=O)c1cn(Cc2cnc(N3CC4CC4C3)nc2C(=O)O)cn1. The fraction of sp³-hybridized carbons (Fsp3) is 0.455. The second kappa shape index (κ2) is 7.39. The Labute approximate surface area is 189 Å². The van der Waals surface area contributed by atoms with Crippen LogP contribution in [0.4, 0.5) is 5.95 Å². The summed E-state index contributed by atoms with van der Waals surface area (Å²) in [6.07, 6.45) is 9.39. The number of amides is 1. The zero-order valence-corrected chi connectivity index (χ0v) is 18.2. The van der Waals surface area contributed by atoms with Crippen LogP contribution in [0.3, 0.4) is 0 Å². The predicted octanol–water partition coefficient (Wildman–Crippen LogP) is 1.03. The molecule has 11 nitrogen and oxygen atoms in total. The second-order valence-electron chi connectivity index (χ2n) is 9.19. The number of anilines is 1. The number of aromatic carboxylic acids is 1. The first kappa shape index (κ1) is 19.9. The molecule has 3 aliphatic rings. The first-order chi connectivity index (χ1) is 16.0. The Morgan fingerprint density at radius 3 is 2.79 bits per heavy atom. The molecule has 3 aromatic heterocycles. The molecule has 1 amide bonds. The fourth-order valence-corrected chi connectivity index (χ4v) is 5.03. The van der Waals surface area contributed by atoms with Crippen molar-refractivity contribution in [1.29, 1.82) is 0 Å². The molecule has 1 aliphatic heterocycles. The largest absolute Gasteiger partial charge is 0.476 e. The Kier molecular flexibility index (Phi) is 4.46. The van der Waals surface area contributed by atoms with Gasteiger partial charge in [0.2, 0.25) is 5.95 Å². The number of imidazole rings is 2. The van der Waals surface area contributed by atoms with E-state index in [2.05, 4.69) is 30.2 Å². The molecule has 3 atom stereocenters. The summed E-state index contributed by atoms with van der Waals surface area (Å²) < 4.78 is 3.65. The number of rotatable bonds is 6. The lowest BCUT2D eigenvalue weighted by Gasteiger charge is -2.18. The number of fused-ring (bicyclic) bond motifs is 2. The Bertz CT molecular complexity index is 1250. The fourth-order valence-electron chi connectivity index (χ4n) is 5.03. The van der Waals surface area contributed by atoms with E-state index in [1.165, 1.54) is 12.7 Å². The van der Waals surface area contributed by atoms with E-state index in [1.807, 2.05) is 11.6 Å². The number of piperidine rings is 1. The van der Waals surface area contributed by atoms with Crippen LogP contribution in [0, 0.1) is 11.8 Å². The van der Waals surface area contributed by atoms with Gasteiger partial charge in [-0.15, -0.1) is 0 Å². The maximum atomic E-state index is 12.7. The summed E-state index contributed by atoms with van der Waals surface area (Å²) in [6.45, 7) is 2.00. The van der Waals surface area contributed by atoms with E-state index < -0.39 is 5.97 Å². The van der Waals surface area contributed by atoms with Crippen molar-refractivity contribution in [1.82, 2.24) is 34.4 Å². The van der Waals surface area contributed by atoms with Crippen molar-refractivity contribution < 1.29 is 14.7 Å². The molecule has 2 unspecified atom stereocenters. The number of carboxylic acids is 1. The predicted molar refractivity (Wildman–Crippen MR) is 116 cm³/mol. The molecule has 1 saturated carbocycles. The molecule has 2 aliphatic carbocycles. The Morgan fingerprint density at radius 1 is 1.18 bits per heavy atom. The summed E-state index contributed by atoms with van der Waals surface area (Å²) >= 11 is 0. The van der Waals surface area contributed by atoms with Gasteiger partial charge in [0.15, 0.2) is 5.69 Å². The topological polar surface area (TPSA) is 131 Å². The van der Waals surface area contributed by atoms with Crippen LogP contribution in [0.25, 0.3) is 0 Å². The molecule has 0 aromatic carbocycles. The molecule has 6 rings (SSSR count). The van der Waals surface area contributed by atoms with E-state index in [1.54, 1.807) is 23.3 Å². The van der Waals surface area contributed by atoms with E-state index in [0.29, 0.717) is 23.3 Å². The number of aromatic nitrogens is 6. The van der Waals surface area contributed by atoms with Crippen molar-refractivity contribution in [3.8, 4) is 0 Å². The standard InChI is InChI=1S/C22H24N8O3/c1-28-10-25-19-15(2-3-17(19)28)26-20(31)16-9-29(11-24-16)6-14-5-23-22(27-18(14)21(32)33)30-7-12-4-13(12)8-30/h5,9-13,15H,2-4,6-8H2,1H3,(H,26,31)(H,32,33)/t12?,13?,15-/m1/s1. The lowest BCUT2D eigenvalue weighted by Crippen LogP contribution is -2.27. The quantitative estimate of drug-likeness (QED) is 0.572. The Hall–Kier alpha value is -3.76. The maximum absolute atomic E-state index is 12.7. The average Bonchev–Trinajstić information content (AvgIpc) is 3.27. The van der Waals surface area contributed by atoms with Crippen molar-refractivity contribution in [2.24, 2.45) is 18.9 Å². The summed E-state index contributed by atoms with van der Waals surface area (Å²) in [5.41, 5.74) is 2.76. The third kappa shape index (κ3) is 3.53. The van der Waals surface area contributed by atoms with Crippen LogP contribution in [-0.2, 0) is 20.0 Å². The molecule has 0 spiro atoms. The van der Waals surface area contributed by atoms with E-state index in [-0.39, 0.29) is 29.9 Å². The number of nitrogens with one attached hydrogen (secondary N) is 1. The molecule has 3 aromatic rings. The Morgan fingerprint density at radius 2 is 2.00 bits per heavy atom. The van der Waals surface area contributed by atoms with E-state index >= 15 is 0 Å². The van der Waals surface area contributed by atoms with E-state index in [0.717, 1.165) is 37.3 Å². The van der Waals surface area contributed by atoms with Crippen LogP contribution in [0.5, 0.6) is 0 Å². The molecule has 2 N–H and O–H groups in total. The van der Waals surface area contributed by atoms with Gasteiger partial charge >= 0.3 is 5.97 Å². The van der Waals surface area contributed by atoms with Crippen molar-refractivity contribution >= 4 is 17.8 Å². The summed E-state index contributed by atoms with van der Waals surface area (Å²) in [5.74, 6) is 0.494. The highest BCUT2D eigenvalue weighted by Gasteiger charge is 2.46. The van der Waals surface area contributed by atoms with Gasteiger partial charge in [-0.05, 0) is 31.1 Å². The van der Waals surface area contributed by atoms with Crippen LogP contribution >= 0.6 is 0 Å². The second-order valence-corrected chi connectivity index (χ2v) is 9.19. The molecule has 170 valence electrons. The van der Waals surface area contributed by atoms with Gasteiger partial charge in [-0.2, -0.15) is 0 Å². The van der Waals surface area contributed by atoms with Gasteiger partial charge in [0, 0.05) is 43.8 Å². The summed E-state index contributed by atoms with van der Waals surface area (Å²) in [5, 5.41) is 12.7. The monoisotopic (exact) mass is 448 g/mol. The minimum absolute atomic E-state index is 0.0195. The number of aryl methyl sites for hydroxylation is 1. The highest BCUT2D eigenvalue weighted by Crippen LogP contribution is 2.45. The highest BCUT2D eigenvalue weighted by molar-refractivity contribution is 5.92. The molecule has 4 heterocycles. The smallest absolute Gasteiger partial charge is 0.355 e. The van der Waals surface area contributed by atoms with Crippen LogP contribution in [0.15, 0.2) is 25.0 Å². The first-order valence-corrected chi connectivity index (χ1v) is 11.1. The zero-order valence-electron chi connectivity index (χ0n) is 18.2. The van der Waals surface area contributed by atoms with Crippen LogP contribution in [0.1, 0.15) is 56.8 Å². The average molecular weight is 448 g/mol. The van der Waals surface area contributed by atoms with Gasteiger partial charge in [-0.1, -0.05) is 0 Å². The first-order valence-electron chi connectivity index (χ1n) is 11.1. The van der Waals surface area contributed by atoms with Crippen molar-refractivity contribution in [3.05, 3.63) is 53.4 Å². The Balaban J connectivity index is 1.16.